The van der Waals surface area contributed by atoms with E-state index in [1.54, 1.807) is 54.3 Å². The number of aliphatic carboxylic acids is 1. The third-order valence-electron chi connectivity index (χ3n) is 9.20. The fraction of sp³-hybridized carbons (Fsp3) is 0.419. The number of piperazine rings is 1. The summed E-state index contributed by atoms with van der Waals surface area (Å²) in [4.78, 5) is 45.9. The molecule has 9 nitrogen and oxygen atoms in total. The van der Waals surface area contributed by atoms with E-state index >= 15 is 0 Å². The zero-order chi connectivity index (χ0) is 31.2. The number of carbonyl (C=O) groups is 3. The van der Waals surface area contributed by atoms with Crippen LogP contribution in [0.2, 0.25) is 0 Å². The van der Waals surface area contributed by atoms with Crippen LogP contribution in [0.25, 0.3) is 11.5 Å². The van der Waals surface area contributed by atoms with Crippen LogP contribution in [-0.2, 0) is 15.8 Å². The molecule has 2 aliphatic rings. The van der Waals surface area contributed by atoms with Crippen LogP contribution in [0.5, 0.6) is 0 Å². The molecule has 1 saturated heterocycles. The first-order valence-corrected chi connectivity index (χ1v) is 14.0. The molecule has 1 saturated carbocycles. The van der Waals surface area contributed by atoms with E-state index in [-0.39, 0.29) is 23.4 Å². The molecular weight excluding hydrogens is 565 g/mol. The van der Waals surface area contributed by atoms with Gasteiger partial charge in [0, 0.05) is 49.0 Å². The lowest BCUT2D eigenvalue weighted by Crippen LogP contribution is -2.53. The molecule has 0 bridgehead atoms. The zero-order valence-corrected chi connectivity index (χ0v) is 24.1. The van der Waals surface area contributed by atoms with Crippen molar-refractivity contribution >= 4 is 29.2 Å². The van der Waals surface area contributed by atoms with Gasteiger partial charge in [0.25, 0.3) is 5.91 Å². The summed E-state index contributed by atoms with van der Waals surface area (Å²) in [5, 5.41) is 12.3. The van der Waals surface area contributed by atoms with Gasteiger partial charge in [-0.15, -0.1) is 0 Å². The summed E-state index contributed by atoms with van der Waals surface area (Å²) in [6, 6.07) is 14.7. The highest BCUT2D eigenvalue weighted by Gasteiger charge is 2.59. The van der Waals surface area contributed by atoms with Crippen molar-refractivity contribution in [1.29, 1.82) is 0 Å². The molecular formula is C31H33F3N4O5. The van der Waals surface area contributed by atoms with E-state index < -0.39 is 40.3 Å². The minimum Gasteiger partial charge on any atom is -0.481 e. The number of carboxylic acid groups (broad SMARTS) is 1. The van der Waals surface area contributed by atoms with Crippen molar-refractivity contribution in [2.24, 2.45) is 16.7 Å². The first-order chi connectivity index (χ1) is 20.2. The molecule has 2 heterocycles. The summed E-state index contributed by atoms with van der Waals surface area (Å²) in [7, 11) is 0. The van der Waals surface area contributed by atoms with E-state index in [1.807, 2.05) is 13.8 Å². The summed E-state index contributed by atoms with van der Waals surface area (Å²) >= 11 is 0. The van der Waals surface area contributed by atoms with Gasteiger partial charge in [-0.3, -0.25) is 14.4 Å². The van der Waals surface area contributed by atoms with Crippen LogP contribution in [0.3, 0.4) is 0 Å². The van der Waals surface area contributed by atoms with Gasteiger partial charge in [-0.2, -0.15) is 13.2 Å². The first-order valence-electron chi connectivity index (χ1n) is 14.0. The molecule has 1 aromatic heterocycles. The highest BCUT2D eigenvalue weighted by molar-refractivity contribution is 6.04. The fourth-order valence-electron chi connectivity index (χ4n) is 6.04. The molecule has 2 atom stereocenters. The number of benzene rings is 2. The molecule has 0 unspecified atom stereocenters. The van der Waals surface area contributed by atoms with Crippen LogP contribution in [0.4, 0.5) is 24.5 Å². The first kappa shape index (κ1) is 30.1. The van der Waals surface area contributed by atoms with Crippen LogP contribution in [-0.4, -0.2) is 59.0 Å². The Morgan fingerprint density at radius 2 is 1.60 bits per heavy atom. The maximum atomic E-state index is 13.6. The Kier molecular flexibility index (Phi) is 7.74. The highest BCUT2D eigenvalue weighted by Crippen LogP contribution is 2.56. The van der Waals surface area contributed by atoms with Crippen molar-refractivity contribution < 1.29 is 37.1 Å². The van der Waals surface area contributed by atoms with Crippen molar-refractivity contribution in [3.8, 4) is 11.5 Å². The summed E-state index contributed by atoms with van der Waals surface area (Å²) in [5.74, 6) is -4.09. The van der Waals surface area contributed by atoms with Crippen LogP contribution in [0.15, 0.2) is 59.0 Å². The molecule has 1 aliphatic carbocycles. The van der Waals surface area contributed by atoms with E-state index in [9.17, 15) is 32.7 Å². The Bertz CT molecular complexity index is 1510. The van der Waals surface area contributed by atoms with Crippen molar-refractivity contribution in [3.05, 3.63) is 66.1 Å². The molecule has 0 spiro atoms. The van der Waals surface area contributed by atoms with Gasteiger partial charge in [-0.1, -0.05) is 32.0 Å². The van der Waals surface area contributed by atoms with Crippen molar-refractivity contribution in [2.45, 2.75) is 39.8 Å². The smallest absolute Gasteiger partial charge is 0.452 e. The average Bonchev–Trinajstić information content (AvgIpc) is 3.54. The second-order valence-corrected chi connectivity index (χ2v) is 11.8. The highest BCUT2D eigenvalue weighted by atomic mass is 19.4. The minimum absolute atomic E-state index is 0.0193. The van der Waals surface area contributed by atoms with E-state index in [1.165, 1.54) is 12.1 Å². The third kappa shape index (κ3) is 5.57. The van der Waals surface area contributed by atoms with Gasteiger partial charge in [-0.25, -0.2) is 4.98 Å². The lowest BCUT2D eigenvalue weighted by molar-refractivity contribution is -0.156. The Morgan fingerprint density at radius 1 is 0.977 bits per heavy atom. The molecule has 12 heteroatoms. The summed E-state index contributed by atoms with van der Waals surface area (Å²) in [6.45, 7) is 7.50. The lowest BCUT2D eigenvalue weighted by atomic mass is 9.65. The number of aromatic nitrogens is 1. The molecule has 1 aliphatic heterocycles. The van der Waals surface area contributed by atoms with Gasteiger partial charge in [0.2, 0.25) is 17.6 Å². The van der Waals surface area contributed by atoms with Gasteiger partial charge in [0.1, 0.15) is 0 Å². The van der Waals surface area contributed by atoms with Gasteiger partial charge in [-0.05, 0) is 61.6 Å². The number of oxazole rings is 1. The maximum Gasteiger partial charge on any atom is 0.452 e. The van der Waals surface area contributed by atoms with Crippen molar-refractivity contribution in [3.63, 3.8) is 0 Å². The second kappa shape index (κ2) is 11.1. The topological polar surface area (TPSA) is 116 Å². The molecule has 2 amide bonds. The van der Waals surface area contributed by atoms with Crippen molar-refractivity contribution in [2.75, 3.05) is 36.4 Å². The molecule has 0 radical (unpaired) electrons. The second-order valence-electron chi connectivity index (χ2n) is 11.8. The lowest BCUT2D eigenvalue weighted by Gasteiger charge is -2.42. The Hall–Kier alpha value is -4.35. The van der Waals surface area contributed by atoms with Gasteiger partial charge in [0.15, 0.2) is 5.69 Å². The zero-order valence-electron chi connectivity index (χ0n) is 24.1. The number of halogens is 3. The number of anilines is 2. The van der Waals surface area contributed by atoms with Gasteiger partial charge >= 0.3 is 12.1 Å². The van der Waals surface area contributed by atoms with E-state index in [0.717, 1.165) is 5.69 Å². The van der Waals surface area contributed by atoms with Crippen LogP contribution in [0.1, 0.15) is 49.9 Å². The number of amides is 2. The predicted molar refractivity (Wildman–Crippen MR) is 152 cm³/mol. The van der Waals surface area contributed by atoms with Crippen molar-refractivity contribution in [1.82, 2.24) is 9.88 Å². The summed E-state index contributed by atoms with van der Waals surface area (Å²) in [6.07, 6.45) is -3.92. The summed E-state index contributed by atoms with van der Waals surface area (Å²) < 4.78 is 45.9. The number of nitrogens with zero attached hydrogens (tertiary/aromatic N) is 3. The maximum absolute atomic E-state index is 13.6. The molecule has 5 rings (SSSR count). The largest absolute Gasteiger partial charge is 0.481 e. The molecule has 2 aromatic carbocycles. The van der Waals surface area contributed by atoms with Crippen LogP contribution < -0.4 is 10.2 Å². The van der Waals surface area contributed by atoms with Gasteiger partial charge in [0.05, 0.1) is 5.41 Å². The minimum atomic E-state index is -4.91. The number of carboxylic acids is 1. The third-order valence-corrected chi connectivity index (χ3v) is 9.20. The number of rotatable bonds is 6. The van der Waals surface area contributed by atoms with E-state index in [4.69, 9.17) is 4.42 Å². The Labute approximate surface area is 246 Å². The quantitative estimate of drug-likeness (QED) is 0.369. The normalized spacial score (nSPS) is 22.0. The monoisotopic (exact) mass is 598 g/mol. The number of hydrogen-bond donors (Lipinski definition) is 2. The average molecular weight is 599 g/mol. The Balaban J connectivity index is 1.22. The summed E-state index contributed by atoms with van der Waals surface area (Å²) in [5.41, 5.74) is -1.07. The number of carbonyl (C=O) groups excluding carboxylic acids is 2. The van der Waals surface area contributed by atoms with Crippen LogP contribution >= 0.6 is 0 Å². The SMILES string of the molecule is CC1(C)[C@@H](C(=O)N2CCN(c3ccc(NC(=O)c4nc(-c5ccccc5)oc4C(F)(F)F)cc3)CC2)CC[C@@]1(C)C(=O)O. The van der Waals surface area contributed by atoms with Gasteiger partial charge < -0.3 is 24.6 Å². The molecule has 228 valence electrons. The number of nitrogens with one attached hydrogen (secondary N) is 1. The molecule has 43 heavy (non-hydrogen) atoms. The van der Waals surface area contributed by atoms with E-state index in [2.05, 4.69) is 15.2 Å². The molecule has 2 fully saturated rings. The fourth-order valence-corrected chi connectivity index (χ4v) is 6.04. The van der Waals surface area contributed by atoms with E-state index in [0.29, 0.717) is 44.6 Å². The Morgan fingerprint density at radius 3 is 2.16 bits per heavy atom. The van der Waals surface area contributed by atoms with Crippen LogP contribution in [0, 0.1) is 16.7 Å². The molecule has 2 N–H and O–H groups in total. The predicted octanol–water partition coefficient (Wildman–Crippen LogP) is 5.79. The standard InChI is InChI=1S/C31H33F3N4O5/c1-29(2)22(13-14-30(29,3)28(41)42)27(40)38-17-15-37(16-18-38)21-11-9-20(10-12-21)35-25(39)23-24(31(32,33)34)43-26(36-23)19-7-5-4-6-8-19/h4-12,22H,13-18H2,1-3H3,(H,35,39)(H,41,42)/t22-,30+/m1/s1. The molecule has 3 aromatic rings. The number of alkyl halides is 3. The number of hydrogen-bond acceptors (Lipinski definition) is 6.